The quantitative estimate of drug-likeness (QED) is 0.328. The largest absolute Gasteiger partial charge is 2.00 e. The van der Waals surface area contributed by atoms with Crippen LogP contribution in [0.4, 0.5) is 0 Å². The Kier molecular flexibility index (Phi) is 19.3. The van der Waals surface area contributed by atoms with Crippen molar-refractivity contribution >= 4 is 61.1 Å². The van der Waals surface area contributed by atoms with Crippen LogP contribution in [0, 0.1) is 0 Å². The van der Waals surface area contributed by atoms with Gasteiger partial charge in [0.2, 0.25) is 0 Å². The molecule has 12 heavy (non-hydrogen) atoms. The van der Waals surface area contributed by atoms with Crippen LogP contribution in [0.1, 0.15) is 0 Å². The van der Waals surface area contributed by atoms with Gasteiger partial charge in [-0.05, 0) is 0 Å². The summed E-state index contributed by atoms with van der Waals surface area (Å²) in [7, 11) is -10.3. The number of hydrogen-bond acceptors (Lipinski definition) is 6. The first-order chi connectivity index (χ1) is 4.00. The summed E-state index contributed by atoms with van der Waals surface area (Å²) >= 11 is 0. The summed E-state index contributed by atoms with van der Waals surface area (Å²) < 4.78 is 17.3. The van der Waals surface area contributed by atoms with Gasteiger partial charge < -0.3 is 33.9 Å². The van der Waals surface area contributed by atoms with E-state index in [1.165, 1.54) is 0 Å². The maximum absolute atomic E-state index is 8.77. The second kappa shape index (κ2) is 9.74. The molecule has 0 aromatic heterocycles. The zero-order chi connectivity index (χ0) is 9.00. The molecule has 0 aromatic carbocycles. The third kappa shape index (κ3) is 317. The van der Waals surface area contributed by atoms with Crippen molar-refractivity contribution in [2.75, 3.05) is 0 Å². The monoisotopic (exact) mass is 338 g/mol. The zero-order valence-corrected chi connectivity index (χ0v) is 11.5. The van der Waals surface area contributed by atoms with Crippen molar-refractivity contribution in [3.05, 3.63) is 0 Å². The van der Waals surface area contributed by atoms with E-state index in [1.807, 2.05) is 0 Å². The van der Waals surface area contributed by atoms with Gasteiger partial charge >= 0.3 is 62.0 Å². The Balaban J connectivity index is -0.0000000457. The third-order valence-corrected chi connectivity index (χ3v) is 0. The molecule has 0 aromatic rings. The summed E-state index contributed by atoms with van der Waals surface area (Å²) in [5, 5.41) is 0. The Morgan fingerprint density at radius 3 is 0.917 bits per heavy atom. The van der Waals surface area contributed by atoms with E-state index in [0.29, 0.717) is 0 Å². The van der Waals surface area contributed by atoms with E-state index < -0.39 is 15.6 Å². The fraction of sp³-hybridized carbons (Fsp3) is 0. The molecule has 2 N–H and O–H groups in total. The van der Waals surface area contributed by atoms with Gasteiger partial charge in [-0.25, -0.2) is 0 Å². The van der Waals surface area contributed by atoms with E-state index in [-0.39, 0.29) is 62.0 Å². The molecule has 0 bridgehead atoms. The third-order valence-electron chi connectivity index (χ3n) is 0. The van der Waals surface area contributed by atoms with E-state index in [4.69, 9.17) is 38.5 Å². The Morgan fingerprint density at radius 1 is 0.917 bits per heavy atom. The van der Waals surface area contributed by atoms with Gasteiger partial charge in [0.25, 0.3) is 7.82 Å². The molecule has 0 aliphatic carbocycles. The number of phosphoric acid groups is 2. The first-order valence-electron chi connectivity index (χ1n) is 1.50. The molecule has 0 radical (unpaired) electrons. The van der Waals surface area contributed by atoms with Crippen LogP contribution in [0.2, 0.25) is 0 Å². The summed E-state index contributed by atoms with van der Waals surface area (Å²) in [6.07, 6.45) is 0. The van der Waals surface area contributed by atoms with Gasteiger partial charge in [0.05, 0.1) is 0 Å². The minimum Gasteiger partial charge on any atom is -0.822 e. The number of hydrogen-bond donors (Lipinski definition) is 2. The van der Waals surface area contributed by atoms with Crippen molar-refractivity contribution in [2.45, 2.75) is 0 Å². The van der Waals surface area contributed by atoms with Gasteiger partial charge in [-0.2, -0.15) is 7.82 Å². The molecule has 8 nitrogen and oxygen atoms in total. The Morgan fingerprint density at radius 2 is 0.917 bits per heavy atom. The van der Waals surface area contributed by atoms with Gasteiger partial charge in [0.15, 0.2) is 0 Å². The van der Waals surface area contributed by atoms with Crippen molar-refractivity contribution in [2.24, 2.45) is 0 Å². The minimum absolute atomic E-state index is 0. The normalized spacial score (nSPS) is 9.83. The predicted molar refractivity (Wildman–Crippen MR) is 25.4 cm³/mol. The van der Waals surface area contributed by atoms with Crippen LogP contribution < -0.4 is 19.6 Å². The average molecular weight is 338 g/mol. The Bertz CT molecular complexity index is 129. The fourth-order valence-corrected chi connectivity index (χ4v) is 0. The van der Waals surface area contributed by atoms with E-state index in [1.54, 1.807) is 0 Å². The van der Waals surface area contributed by atoms with E-state index in [0.717, 1.165) is 0 Å². The molecule has 0 spiro atoms. The van der Waals surface area contributed by atoms with Crippen molar-refractivity contribution < 1.29 is 55.0 Å². The fourth-order valence-electron chi connectivity index (χ4n) is 0. The van der Waals surface area contributed by atoms with Crippen molar-refractivity contribution in [1.82, 2.24) is 0 Å². The molecular weight excluding hydrogens is 336 g/mol. The topological polar surface area (TPSA) is 167 Å². The minimum atomic E-state index is -5.39. The molecule has 0 rings (SSSR count). The molecule has 12 heteroatoms. The first-order valence-corrected chi connectivity index (χ1v) is 4.49. The molecule has 0 fully saturated rings. The molecular formula is H2NiO8P2Sr. The maximum Gasteiger partial charge on any atom is 2.00 e. The Hall–Kier alpha value is 2.19. The van der Waals surface area contributed by atoms with Crippen LogP contribution in [0.25, 0.3) is 0 Å². The predicted octanol–water partition coefficient (Wildman–Crippen LogP) is -4.77. The van der Waals surface area contributed by atoms with Gasteiger partial charge in [0, 0.05) is 0 Å². The second-order valence-corrected chi connectivity index (χ2v) is 2.81. The van der Waals surface area contributed by atoms with Crippen LogP contribution in [0.15, 0.2) is 0 Å². The molecule has 0 saturated carbocycles. The van der Waals surface area contributed by atoms with Gasteiger partial charge in [-0.1, -0.05) is 0 Å². The van der Waals surface area contributed by atoms with Crippen LogP contribution in [0.3, 0.4) is 0 Å². The van der Waals surface area contributed by atoms with Crippen molar-refractivity contribution in [3.63, 3.8) is 0 Å². The molecule has 0 unspecified atom stereocenters. The molecule has 0 aliphatic heterocycles. The average Bonchev–Trinajstić information content (AvgIpc) is 1.12. The van der Waals surface area contributed by atoms with Crippen LogP contribution in [0.5, 0.6) is 0 Å². The van der Waals surface area contributed by atoms with Gasteiger partial charge in [-0.3, -0.25) is 4.57 Å². The van der Waals surface area contributed by atoms with Gasteiger partial charge in [-0.15, -0.1) is 0 Å². The molecule has 0 heterocycles. The molecule has 0 saturated heterocycles. The zero-order valence-electron chi connectivity index (χ0n) is 5.26. The summed E-state index contributed by atoms with van der Waals surface area (Å²) in [5.41, 5.74) is 0. The summed E-state index contributed by atoms with van der Waals surface area (Å²) in [5.74, 6) is 0. The Labute approximate surface area is 115 Å². The molecule has 0 amide bonds. The van der Waals surface area contributed by atoms with Crippen LogP contribution in [-0.4, -0.2) is 55.3 Å². The van der Waals surface area contributed by atoms with Crippen molar-refractivity contribution in [3.8, 4) is 0 Å². The second-order valence-electron chi connectivity index (χ2n) is 0.938. The smallest absolute Gasteiger partial charge is 0.822 e. The van der Waals surface area contributed by atoms with E-state index in [9.17, 15) is 0 Å². The first kappa shape index (κ1) is 23.8. The van der Waals surface area contributed by atoms with Crippen molar-refractivity contribution in [1.29, 1.82) is 0 Å². The SMILES string of the molecule is O=P([O-])(O)O.O=P([O-])([O-])[O-].[Ni+2].[Sr+2]. The van der Waals surface area contributed by atoms with E-state index >= 15 is 0 Å². The standard InChI is InChI=1S/Ni.2H3O4P.Sr/c;2*1-5(2,3)4;/h;2*(H3,1,2,3,4);/q+2;;;+2/p-4. The summed E-state index contributed by atoms with van der Waals surface area (Å²) in [6.45, 7) is 0. The maximum atomic E-state index is 8.77. The summed E-state index contributed by atoms with van der Waals surface area (Å²) in [4.78, 5) is 48.6. The van der Waals surface area contributed by atoms with Crippen LogP contribution >= 0.6 is 15.6 Å². The van der Waals surface area contributed by atoms with Crippen LogP contribution in [-0.2, 0) is 25.6 Å². The molecule has 0 atom stereocenters. The van der Waals surface area contributed by atoms with E-state index in [2.05, 4.69) is 0 Å². The summed E-state index contributed by atoms with van der Waals surface area (Å²) in [6, 6.07) is 0. The molecule has 72 valence electrons. The molecule has 0 aliphatic rings. The number of rotatable bonds is 0. The van der Waals surface area contributed by atoms with Gasteiger partial charge in [0.1, 0.15) is 0 Å².